The summed E-state index contributed by atoms with van der Waals surface area (Å²) in [4.78, 5) is 6.29. The minimum Gasteiger partial charge on any atom is -0.496 e. The number of ether oxygens (including phenoxy) is 1. The number of methoxy groups -OCH3 is 1. The van der Waals surface area contributed by atoms with Gasteiger partial charge in [-0.1, -0.05) is 30.0 Å². The summed E-state index contributed by atoms with van der Waals surface area (Å²) in [6.07, 6.45) is 2.36. The fraction of sp³-hybridized carbons (Fsp3) is 0.278. The van der Waals surface area contributed by atoms with Gasteiger partial charge in [0.15, 0.2) is 0 Å². The Morgan fingerprint density at radius 1 is 1.16 bits per heavy atom. The van der Waals surface area contributed by atoms with Gasteiger partial charge in [0.05, 0.1) is 13.5 Å². The second-order valence-corrected chi connectivity index (χ2v) is 6.58. The summed E-state index contributed by atoms with van der Waals surface area (Å²) in [6.45, 7) is 0. The maximum absolute atomic E-state index is 5.75. The normalized spacial score (nSPS) is 10.7. The number of nitrogens with zero attached hydrogens (tertiary/aromatic N) is 4. The molecule has 0 saturated carbocycles. The molecule has 0 N–H and O–H groups in total. The Morgan fingerprint density at radius 2 is 2.00 bits per heavy atom. The Labute approximate surface area is 151 Å². The van der Waals surface area contributed by atoms with Crippen LogP contribution in [0, 0.1) is 0 Å². The molecule has 1 aromatic carbocycles. The molecule has 2 aromatic heterocycles. The number of anilines is 1. The van der Waals surface area contributed by atoms with Crippen molar-refractivity contribution >= 4 is 17.6 Å². The second-order valence-electron chi connectivity index (χ2n) is 5.66. The molecular weight excluding hydrogens is 336 g/mol. The average molecular weight is 356 g/mol. The molecule has 0 spiro atoms. The van der Waals surface area contributed by atoms with E-state index in [4.69, 9.17) is 9.15 Å². The topological polar surface area (TPSA) is 64.3 Å². The van der Waals surface area contributed by atoms with Gasteiger partial charge in [0.1, 0.15) is 11.6 Å². The van der Waals surface area contributed by atoms with Crippen LogP contribution in [0.3, 0.4) is 0 Å². The summed E-state index contributed by atoms with van der Waals surface area (Å²) in [6, 6.07) is 11.9. The Bertz CT molecular complexity index is 835. The van der Waals surface area contributed by atoms with Crippen LogP contribution in [-0.4, -0.2) is 36.4 Å². The van der Waals surface area contributed by atoms with Crippen molar-refractivity contribution in [2.24, 2.45) is 0 Å². The van der Waals surface area contributed by atoms with Crippen LogP contribution >= 0.6 is 11.8 Å². The van der Waals surface area contributed by atoms with Crippen molar-refractivity contribution in [1.29, 1.82) is 0 Å². The van der Waals surface area contributed by atoms with Gasteiger partial charge in [0.2, 0.25) is 5.89 Å². The fourth-order valence-corrected chi connectivity index (χ4v) is 3.04. The van der Waals surface area contributed by atoms with E-state index >= 15 is 0 Å². The summed E-state index contributed by atoms with van der Waals surface area (Å²) >= 11 is 1.52. The lowest BCUT2D eigenvalue weighted by molar-refractivity contribution is 0.400. The zero-order valence-electron chi connectivity index (χ0n) is 14.5. The molecule has 0 atom stereocenters. The van der Waals surface area contributed by atoms with Crippen LogP contribution in [0.4, 0.5) is 5.82 Å². The fourth-order valence-electron chi connectivity index (χ4n) is 2.32. The summed E-state index contributed by atoms with van der Waals surface area (Å²) < 4.78 is 11.1. The van der Waals surface area contributed by atoms with Gasteiger partial charge < -0.3 is 14.1 Å². The minimum absolute atomic E-state index is 0.553. The minimum atomic E-state index is 0.553. The zero-order valence-corrected chi connectivity index (χ0v) is 15.3. The molecule has 7 heteroatoms. The molecule has 0 bridgehead atoms. The van der Waals surface area contributed by atoms with E-state index in [-0.39, 0.29) is 0 Å². The van der Waals surface area contributed by atoms with Crippen molar-refractivity contribution in [1.82, 2.24) is 15.2 Å². The number of hydrogen-bond acceptors (Lipinski definition) is 7. The maximum atomic E-state index is 5.75. The molecular formula is C18H20N4O2S. The van der Waals surface area contributed by atoms with Crippen LogP contribution in [0.15, 0.2) is 52.2 Å². The standard InChI is InChI=1S/C18H20N4O2S/c1-22(2)16-10-13(8-9-19-16)12-25-18-21-20-17(24-18)11-14-6-4-5-7-15(14)23-3/h4-10H,11-12H2,1-3H3. The Balaban J connectivity index is 1.63. The second kappa shape index (κ2) is 8.02. The van der Waals surface area contributed by atoms with Gasteiger partial charge in [-0.25, -0.2) is 4.98 Å². The number of aromatic nitrogens is 3. The van der Waals surface area contributed by atoms with E-state index in [0.29, 0.717) is 17.5 Å². The Hall–Kier alpha value is -2.54. The molecule has 0 amide bonds. The Kier molecular flexibility index (Phi) is 5.55. The van der Waals surface area contributed by atoms with Crippen LogP contribution in [0.25, 0.3) is 0 Å². The number of benzene rings is 1. The third-order valence-corrected chi connectivity index (χ3v) is 4.50. The molecule has 0 aliphatic rings. The van der Waals surface area contributed by atoms with E-state index < -0.39 is 0 Å². The maximum Gasteiger partial charge on any atom is 0.276 e. The van der Waals surface area contributed by atoms with Gasteiger partial charge in [-0.2, -0.15) is 0 Å². The van der Waals surface area contributed by atoms with Crippen molar-refractivity contribution in [3.8, 4) is 5.75 Å². The van der Waals surface area contributed by atoms with Gasteiger partial charge in [-0.05, 0) is 23.8 Å². The van der Waals surface area contributed by atoms with Crippen molar-refractivity contribution in [2.75, 3.05) is 26.1 Å². The summed E-state index contributed by atoms with van der Waals surface area (Å²) in [5.74, 6) is 3.08. The lowest BCUT2D eigenvalue weighted by Gasteiger charge is -2.11. The molecule has 0 aliphatic heterocycles. The molecule has 0 radical (unpaired) electrons. The first-order chi connectivity index (χ1) is 12.2. The summed E-state index contributed by atoms with van der Waals surface area (Å²) in [7, 11) is 5.60. The quantitative estimate of drug-likeness (QED) is 0.601. The van der Waals surface area contributed by atoms with Crippen LogP contribution < -0.4 is 9.64 Å². The third-order valence-electron chi connectivity index (χ3n) is 3.61. The van der Waals surface area contributed by atoms with E-state index in [1.165, 1.54) is 11.8 Å². The smallest absolute Gasteiger partial charge is 0.276 e. The average Bonchev–Trinajstić information content (AvgIpc) is 3.08. The number of thioether (sulfide) groups is 1. The van der Waals surface area contributed by atoms with Gasteiger partial charge in [0.25, 0.3) is 5.22 Å². The SMILES string of the molecule is COc1ccccc1Cc1nnc(SCc2ccnc(N(C)C)c2)o1. The van der Waals surface area contributed by atoms with Gasteiger partial charge >= 0.3 is 0 Å². The number of hydrogen-bond donors (Lipinski definition) is 0. The van der Waals surface area contributed by atoms with Crippen LogP contribution in [0.1, 0.15) is 17.0 Å². The molecule has 3 rings (SSSR count). The third kappa shape index (κ3) is 4.51. The molecule has 25 heavy (non-hydrogen) atoms. The first kappa shape index (κ1) is 17.3. The highest BCUT2D eigenvalue weighted by Crippen LogP contribution is 2.25. The van der Waals surface area contributed by atoms with E-state index in [1.807, 2.05) is 55.5 Å². The van der Waals surface area contributed by atoms with Crippen molar-refractivity contribution in [3.05, 3.63) is 59.6 Å². The van der Waals surface area contributed by atoms with Crippen LogP contribution in [0.2, 0.25) is 0 Å². The lowest BCUT2D eigenvalue weighted by Crippen LogP contribution is -2.10. The van der Waals surface area contributed by atoms with Crippen molar-refractivity contribution in [3.63, 3.8) is 0 Å². The highest BCUT2D eigenvalue weighted by atomic mass is 32.2. The molecule has 130 valence electrons. The zero-order chi connectivity index (χ0) is 17.6. The van der Waals surface area contributed by atoms with Crippen molar-refractivity contribution < 1.29 is 9.15 Å². The van der Waals surface area contributed by atoms with Gasteiger partial charge in [-0.15, -0.1) is 10.2 Å². The largest absolute Gasteiger partial charge is 0.496 e. The molecule has 0 saturated heterocycles. The number of pyridine rings is 1. The molecule has 2 heterocycles. The first-order valence-electron chi connectivity index (χ1n) is 7.85. The van der Waals surface area contributed by atoms with Crippen LogP contribution in [-0.2, 0) is 12.2 Å². The van der Waals surface area contributed by atoms with E-state index in [1.54, 1.807) is 7.11 Å². The van der Waals surface area contributed by atoms with Crippen LogP contribution in [0.5, 0.6) is 5.75 Å². The first-order valence-corrected chi connectivity index (χ1v) is 8.83. The lowest BCUT2D eigenvalue weighted by atomic mass is 10.1. The highest BCUT2D eigenvalue weighted by Gasteiger charge is 2.11. The van der Waals surface area contributed by atoms with E-state index in [2.05, 4.69) is 21.2 Å². The van der Waals surface area contributed by atoms with Gasteiger partial charge in [-0.3, -0.25) is 0 Å². The Morgan fingerprint density at radius 3 is 2.80 bits per heavy atom. The summed E-state index contributed by atoms with van der Waals surface area (Å²) in [5.41, 5.74) is 2.18. The molecule has 0 fully saturated rings. The van der Waals surface area contributed by atoms with Crippen molar-refractivity contribution in [2.45, 2.75) is 17.4 Å². The summed E-state index contributed by atoms with van der Waals surface area (Å²) in [5, 5.41) is 8.81. The predicted octanol–water partition coefficient (Wildman–Crippen LogP) is 3.42. The molecule has 6 nitrogen and oxygen atoms in total. The molecule has 0 unspecified atom stereocenters. The number of para-hydroxylation sites is 1. The molecule has 0 aliphatic carbocycles. The molecule has 3 aromatic rings. The highest BCUT2D eigenvalue weighted by molar-refractivity contribution is 7.98. The predicted molar refractivity (Wildman–Crippen MR) is 98.2 cm³/mol. The van der Waals surface area contributed by atoms with E-state index in [0.717, 1.165) is 28.4 Å². The van der Waals surface area contributed by atoms with Gasteiger partial charge in [0, 0.05) is 31.6 Å². The monoisotopic (exact) mass is 356 g/mol. The number of rotatable bonds is 7. The van der Waals surface area contributed by atoms with E-state index in [9.17, 15) is 0 Å².